The van der Waals surface area contributed by atoms with E-state index in [1.807, 2.05) is 24.3 Å². The molecule has 112 valence electrons. The van der Waals surface area contributed by atoms with E-state index in [1.54, 1.807) is 18.2 Å². The molecule has 1 N–H and O–H groups in total. The van der Waals surface area contributed by atoms with Crippen LogP contribution in [0.5, 0.6) is 0 Å². The van der Waals surface area contributed by atoms with Gasteiger partial charge in [-0.3, -0.25) is 0 Å². The molecule has 22 heavy (non-hydrogen) atoms. The fourth-order valence-electron chi connectivity index (χ4n) is 2.15. The summed E-state index contributed by atoms with van der Waals surface area (Å²) < 4.78 is 6.40. The predicted molar refractivity (Wildman–Crippen MR) is 91.0 cm³/mol. The first-order chi connectivity index (χ1) is 10.6. The molecular weight excluding hydrogens is 389 g/mol. The summed E-state index contributed by atoms with van der Waals surface area (Å²) in [5.41, 5.74) is 2.80. The molecule has 1 aromatic heterocycles. The molecule has 3 aromatic rings. The molecule has 0 unspecified atom stereocenters. The number of aliphatic hydroxyl groups is 1. The lowest BCUT2D eigenvalue weighted by Crippen LogP contribution is -1.89. The predicted octanol–water partition coefficient (Wildman–Crippen LogP) is 5.57. The first kappa shape index (κ1) is 15.6. The van der Waals surface area contributed by atoms with Crippen molar-refractivity contribution in [3.8, 4) is 22.6 Å². The summed E-state index contributed by atoms with van der Waals surface area (Å²) in [4.78, 5) is 0. The van der Waals surface area contributed by atoms with Gasteiger partial charge >= 0.3 is 0 Å². The first-order valence-electron chi connectivity index (χ1n) is 6.41. The second-order valence-electron chi connectivity index (χ2n) is 4.63. The number of hydrogen-bond acceptors (Lipinski definition) is 3. The normalized spacial score (nSPS) is 10.9. The molecule has 6 heteroatoms. The quantitative estimate of drug-likeness (QED) is 0.627. The van der Waals surface area contributed by atoms with Crippen molar-refractivity contribution < 1.29 is 9.63 Å². The minimum atomic E-state index is -0.190. The zero-order valence-corrected chi connectivity index (χ0v) is 14.3. The summed E-state index contributed by atoms with van der Waals surface area (Å²) in [6.07, 6.45) is 0. The van der Waals surface area contributed by atoms with Crippen LogP contribution in [-0.4, -0.2) is 10.3 Å². The second-order valence-corrected chi connectivity index (χ2v) is 6.36. The number of halogens is 3. The number of aromatic nitrogens is 1. The maximum atomic E-state index is 9.72. The molecule has 2 aromatic carbocycles. The Morgan fingerprint density at radius 2 is 1.68 bits per heavy atom. The van der Waals surface area contributed by atoms with Gasteiger partial charge in [-0.1, -0.05) is 56.4 Å². The smallest absolute Gasteiger partial charge is 0.173 e. The van der Waals surface area contributed by atoms with E-state index in [1.165, 1.54) is 0 Å². The zero-order valence-electron chi connectivity index (χ0n) is 11.2. The SMILES string of the molecule is OCc1c(-c2ccc(Br)cc2)noc1-c1ccc(Cl)c(Cl)c1. The maximum Gasteiger partial charge on any atom is 0.173 e. The van der Waals surface area contributed by atoms with Crippen molar-refractivity contribution in [1.82, 2.24) is 5.16 Å². The number of benzene rings is 2. The Morgan fingerprint density at radius 3 is 2.32 bits per heavy atom. The zero-order chi connectivity index (χ0) is 15.7. The van der Waals surface area contributed by atoms with Gasteiger partial charge in [-0.15, -0.1) is 0 Å². The van der Waals surface area contributed by atoms with Gasteiger partial charge in [0.2, 0.25) is 0 Å². The van der Waals surface area contributed by atoms with Crippen LogP contribution in [0.1, 0.15) is 5.56 Å². The van der Waals surface area contributed by atoms with Crippen LogP contribution < -0.4 is 0 Å². The largest absolute Gasteiger partial charge is 0.391 e. The van der Waals surface area contributed by atoms with Crippen molar-refractivity contribution >= 4 is 39.1 Å². The van der Waals surface area contributed by atoms with Crippen molar-refractivity contribution in [3.63, 3.8) is 0 Å². The number of nitrogens with zero attached hydrogens (tertiary/aromatic N) is 1. The third-order valence-corrected chi connectivity index (χ3v) is 4.51. The van der Waals surface area contributed by atoms with Crippen molar-refractivity contribution in [2.75, 3.05) is 0 Å². The highest BCUT2D eigenvalue weighted by Gasteiger charge is 2.19. The Hall–Kier alpha value is -1.33. The van der Waals surface area contributed by atoms with Gasteiger partial charge in [0.1, 0.15) is 5.69 Å². The van der Waals surface area contributed by atoms with E-state index in [0.717, 1.165) is 10.0 Å². The fraction of sp³-hybridized carbons (Fsp3) is 0.0625. The molecule has 0 aliphatic carbocycles. The van der Waals surface area contributed by atoms with Crippen LogP contribution in [0.3, 0.4) is 0 Å². The Bertz CT molecular complexity index is 816. The van der Waals surface area contributed by atoms with Crippen LogP contribution in [0.25, 0.3) is 22.6 Å². The molecule has 0 atom stereocenters. The lowest BCUT2D eigenvalue weighted by Gasteiger charge is -2.03. The fourth-order valence-corrected chi connectivity index (χ4v) is 2.72. The lowest BCUT2D eigenvalue weighted by atomic mass is 10.0. The minimum absolute atomic E-state index is 0.190. The van der Waals surface area contributed by atoms with Gasteiger partial charge < -0.3 is 9.63 Å². The molecule has 0 spiro atoms. The average molecular weight is 399 g/mol. The van der Waals surface area contributed by atoms with Crippen LogP contribution in [0, 0.1) is 0 Å². The molecule has 3 rings (SSSR count). The molecule has 3 nitrogen and oxygen atoms in total. The molecule has 0 aliphatic heterocycles. The van der Waals surface area contributed by atoms with Gasteiger partial charge in [0.05, 0.1) is 22.2 Å². The van der Waals surface area contributed by atoms with Crippen LogP contribution >= 0.6 is 39.1 Å². The van der Waals surface area contributed by atoms with E-state index in [9.17, 15) is 5.11 Å². The summed E-state index contributed by atoms with van der Waals surface area (Å²) in [6.45, 7) is -0.190. The molecule has 0 aliphatic rings. The summed E-state index contributed by atoms with van der Waals surface area (Å²) >= 11 is 15.4. The third kappa shape index (κ3) is 2.92. The van der Waals surface area contributed by atoms with E-state index >= 15 is 0 Å². The van der Waals surface area contributed by atoms with Gasteiger partial charge in [0.25, 0.3) is 0 Å². The summed E-state index contributed by atoms with van der Waals surface area (Å²) in [5, 5.41) is 14.7. The molecule has 0 saturated carbocycles. The summed E-state index contributed by atoms with van der Waals surface area (Å²) in [6, 6.07) is 12.8. The monoisotopic (exact) mass is 397 g/mol. The van der Waals surface area contributed by atoms with E-state index in [0.29, 0.717) is 32.6 Å². The van der Waals surface area contributed by atoms with E-state index in [4.69, 9.17) is 27.7 Å². The van der Waals surface area contributed by atoms with Crippen molar-refractivity contribution in [2.45, 2.75) is 6.61 Å². The minimum Gasteiger partial charge on any atom is -0.391 e. The van der Waals surface area contributed by atoms with Gasteiger partial charge in [0.15, 0.2) is 5.76 Å². The van der Waals surface area contributed by atoms with Crippen molar-refractivity contribution in [2.24, 2.45) is 0 Å². The molecule has 0 fully saturated rings. The van der Waals surface area contributed by atoms with E-state index in [-0.39, 0.29) is 6.61 Å². The Balaban J connectivity index is 2.10. The summed E-state index contributed by atoms with van der Waals surface area (Å²) in [5.74, 6) is 0.485. The Kier molecular flexibility index (Phi) is 4.54. The molecule has 0 bridgehead atoms. The topological polar surface area (TPSA) is 46.3 Å². The standard InChI is InChI=1S/C16H10BrCl2NO2/c17-11-4-1-9(2-5-11)15-12(8-21)16(22-20-15)10-3-6-13(18)14(19)7-10/h1-7,21H,8H2. The Labute approximate surface area is 145 Å². The molecular formula is C16H10BrCl2NO2. The Morgan fingerprint density at radius 1 is 1.00 bits per heavy atom. The van der Waals surface area contributed by atoms with E-state index < -0.39 is 0 Å². The van der Waals surface area contributed by atoms with Crippen LogP contribution in [0.15, 0.2) is 51.5 Å². The average Bonchev–Trinajstić information content (AvgIpc) is 2.94. The van der Waals surface area contributed by atoms with Gasteiger partial charge in [-0.25, -0.2) is 0 Å². The summed E-state index contributed by atoms with van der Waals surface area (Å²) in [7, 11) is 0. The number of aliphatic hydroxyl groups excluding tert-OH is 1. The van der Waals surface area contributed by atoms with Crippen LogP contribution in [0.4, 0.5) is 0 Å². The van der Waals surface area contributed by atoms with Crippen LogP contribution in [0.2, 0.25) is 10.0 Å². The van der Waals surface area contributed by atoms with Gasteiger partial charge in [-0.05, 0) is 30.3 Å². The highest BCUT2D eigenvalue weighted by molar-refractivity contribution is 9.10. The lowest BCUT2D eigenvalue weighted by molar-refractivity contribution is 0.281. The van der Waals surface area contributed by atoms with Crippen LogP contribution in [-0.2, 0) is 6.61 Å². The first-order valence-corrected chi connectivity index (χ1v) is 7.96. The van der Waals surface area contributed by atoms with Crippen molar-refractivity contribution in [3.05, 3.63) is 62.5 Å². The molecule has 0 radical (unpaired) electrons. The number of hydrogen-bond donors (Lipinski definition) is 1. The highest BCUT2D eigenvalue weighted by Crippen LogP contribution is 2.35. The van der Waals surface area contributed by atoms with E-state index in [2.05, 4.69) is 21.1 Å². The van der Waals surface area contributed by atoms with Crippen molar-refractivity contribution in [1.29, 1.82) is 0 Å². The highest BCUT2D eigenvalue weighted by atomic mass is 79.9. The third-order valence-electron chi connectivity index (χ3n) is 3.25. The molecule has 0 amide bonds. The maximum absolute atomic E-state index is 9.72. The molecule has 1 heterocycles. The number of rotatable bonds is 3. The van der Waals surface area contributed by atoms with Gasteiger partial charge in [0, 0.05) is 15.6 Å². The molecule has 0 saturated heterocycles. The second kappa shape index (κ2) is 6.42. The van der Waals surface area contributed by atoms with Gasteiger partial charge in [-0.2, -0.15) is 0 Å².